The van der Waals surface area contributed by atoms with Crippen LogP contribution >= 0.6 is 0 Å². The van der Waals surface area contributed by atoms with Gasteiger partial charge in [-0.15, -0.1) is 0 Å². The highest BCUT2D eigenvalue weighted by atomic mass is 16.2. The maximum atomic E-state index is 12.8. The second-order valence-electron chi connectivity index (χ2n) is 9.39. The average Bonchev–Trinajstić information content (AvgIpc) is 3.25. The number of carbonyl (C=O) groups excluding carboxylic acids is 1. The minimum absolute atomic E-state index is 0.0847. The molecule has 0 bridgehead atoms. The average molecular weight is 473 g/mol. The molecule has 1 aliphatic heterocycles. The van der Waals surface area contributed by atoms with Crippen LogP contribution in [0.5, 0.6) is 0 Å². The zero-order valence-corrected chi connectivity index (χ0v) is 20.4. The summed E-state index contributed by atoms with van der Waals surface area (Å²) in [7, 11) is 0. The Kier molecular flexibility index (Phi) is 6.55. The highest BCUT2D eigenvalue weighted by Crippen LogP contribution is 2.23. The second-order valence-corrected chi connectivity index (χ2v) is 9.39. The lowest BCUT2D eigenvalue weighted by Crippen LogP contribution is -2.47. The van der Waals surface area contributed by atoms with Crippen molar-refractivity contribution in [3.8, 4) is 0 Å². The molecule has 0 atom stereocenters. The van der Waals surface area contributed by atoms with E-state index in [-0.39, 0.29) is 18.0 Å². The molecule has 5 rings (SSSR count). The topological polar surface area (TPSA) is 86.3 Å². The molecule has 0 unspecified atom stereocenters. The van der Waals surface area contributed by atoms with Gasteiger partial charge in [-0.1, -0.05) is 30.3 Å². The van der Waals surface area contributed by atoms with Crippen LogP contribution in [0.15, 0.2) is 53.5 Å². The largest absolute Gasteiger partial charge is 0.369 e. The van der Waals surface area contributed by atoms with Crippen molar-refractivity contribution in [3.05, 3.63) is 70.1 Å². The number of aromatic amines is 1. The van der Waals surface area contributed by atoms with Gasteiger partial charge in [-0.25, -0.2) is 4.68 Å². The van der Waals surface area contributed by atoms with Gasteiger partial charge in [0, 0.05) is 54.7 Å². The lowest BCUT2D eigenvalue weighted by molar-refractivity contribution is -0.121. The van der Waals surface area contributed by atoms with E-state index in [1.165, 1.54) is 21.5 Å². The number of para-hydroxylation sites is 1. The Morgan fingerprint density at radius 1 is 1.06 bits per heavy atom. The number of hydrogen-bond donors (Lipinski definition) is 2. The van der Waals surface area contributed by atoms with Gasteiger partial charge in [0.1, 0.15) is 12.1 Å². The first-order chi connectivity index (χ1) is 17.0. The molecule has 2 aromatic carbocycles. The predicted molar refractivity (Wildman–Crippen MR) is 140 cm³/mol. The number of benzene rings is 2. The van der Waals surface area contributed by atoms with E-state index in [9.17, 15) is 9.59 Å². The molecule has 0 saturated carbocycles. The highest BCUT2D eigenvalue weighted by molar-refractivity contribution is 6.06. The van der Waals surface area contributed by atoms with Crippen LogP contribution in [0.1, 0.15) is 17.5 Å². The van der Waals surface area contributed by atoms with Crippen molar-refractivity contribution in [1.29, 1.82) is 0 Å². The van der Waals surface area contributed by atoms with E-state index in [1.807, 2.05) is 24.3 Å². The number of anilines is 1. The van der Waals surface area contributed by atoms with Gasteiger partial charge in [0.05, 0.1) is 6.20 Å². The number of aromatic nitrogens is 3. The number of H-pyrrole nitrogens is 1. The zero-order valence-electron chi connectivity index (χ0n) is 20.4. The van der Waals surface area contributed by atoms with Crippen molar-refractivity contribution < 1.29 is 4.79 Å². The molecule has 0 radical (unpaired) electrons. The molecule has 8 heteroatoms. The third kappa shape index (κ3) is 4.93. The zero-order chi connectivity index (χ0) is 24.4. The fraction of sp³-hybridized carbons (Fsp3) is 0.370. The Bertz CT molecular complexity index is 1410. The van der Waals surface area contributed by atoms with Crippen LogP contribution < -0.4 is 15.8 Å². The molecule has 2 N–H and O–H groups in total. The SMILES string of the molecule is Cc1ccc(C)c(N2CCN(CCCNC(=O)Cn3ncc4c([nH]c5ccccc54)c3=O)CC2)c1. The van der Waals surface area contributed by atoms with Crippen molar-refractivity contribution in [3.63, 3.8) is 0 Å². The summed E-state index contributed by atoms with van der Waals surface area (Å²) in [5, 5.41) is 8.89. The smallest absolute Gasteiger partial charge is 0.291 e. The van der Waals surface area contributed by atoms with E-state index in [4.69, 9.17) is 0 Å². The maximum Gasteiger partial charge on any atom is 0.291 e. The molecule has 182 valence electrons. The standard InChI is InChI=1S/C27H32N6O2/c1-19-8-9-20(2)24(16-19)32-14-12-31(13-15-32)11-5-10-28-25(34)18-33-27(35)26-22(17-29-33)21-6-3-4-7-23(21)30-26/h3-4,6-9,16-17,30H,5,10-15,18H2,1-2H3,(H,28,34). The molecule has 0 spiro atoms. The van der Waals surface area contributed by atoms with Gasteiger partial charge in [-0.2, -0.15) is 5.10 Å². The Morgan fingerprint density at radius 2 is 1.86 bits per heavy atom. The first-order valence-corrected chi connectivity index (χ1v) is 12.3. The van der Waals surface area contributed by atoms with Crippen molar-refractivity contribution in [2.45, 2.75) is 26.8 Å². The summed E-state index contributed by atoms with van der Waals surface area (Å²) in [6.45, 7) is 9.82. The fourth-order valence-electron chi connectivity index (χ4n) is 4.88. The van der Waals surface area contributed by atoms with Gasteiger partial charge in [-0.05, 0) is 50.1 Å². The van der Waals surface area contributed by atoms with Crippen molar-refractivity contribution in [2.75, 3.05) is 44.2 Å². The van der Waals surface area contributed by atoms with Crippen LogP contribution in [0.25, 0.3) is 21.8 Å². The Balaban J connectivity index is 1.08. The number of amides is 1. The molecule has 1 amide bonds. The second kappa shape index (κ2) is 9.92. The number of nitrogens with zero attached hydrogens (tertiary/aromatic N) is 4. The molecule has 3 heterocycles. The molecular formula is C27H32N6O2. The first-order valence-electron chi connectivity index (χ1n) is 12.3. The van der Waals surface area contributed by atoms with Gasteiger partial charge in [-0.3, -0.25) is 14.5 Å². The highest BCUT2D eigenvalue weighted by Gasteiger charge is 2.18. The van der Waals surface area contributed by atoms with E-state index in [2.05, 4.69) is 57.2 Å². The summed E-state index contributed by atoms with van der Waals surface area (Å²) >= 11 is 0. The number of hydrogen-bond acceptors (Lipinski definition) is 5. The maximum absolute atomic E-state index is 12.8. The van der Waals surface area contributed by atoms with Crippen LogP contribution in [0, 0.1) is 13.8 Å². The van der Waals surface area contributed by atoms with Crippen molar-refractivity contribution in [2.24, 2.45) is 0 Å². The van der Waals surface area contributed by atoms with Gasteiger partial charge < -0.3 is 15.2 Å². The minimum atomic E-state index is -0.282. The van der Waals surface area contributed by atoms with Crippen molar-refractivity contribution >= 4 is 33.4 Å². The monoisotopic (exact) mass is 472 g/mol. The van der Waals surface area contributed by atoms with Crippen molar-refractivity contribution in [1.82, 2.24) is 25.0 Å². The van der Waals surface area contributed by atoms with Gasteiger partial charge in [0.15, 0.2) is 0 Å². The number of piperazine rings is 1. The molecular weight excluding hydrogens is 440 g/mol. The third-order valence-corrected chi connectivity index (χ3v) is 6.87. The number of fused-ring (bicyclic) bond motifs is 3. The summed E-state index contributed by atoms with van der Waals surface area (Å²) < 4.78 is 1.22. The molecule has 1 saturated heterocycles. The lowest BCUT2D eigenvalue weighted by Gasteiger charge is -2.37. The Labute approximate surface area is 204 Å². The summed E-state index contributed by atoms with van der Waals surface area (Å²) in [6, 6.07) is 14.4. The number of rotatable bonds is 7. The van der Waals surface area contributed by atoms with Gasteiger partial charge in [0.2, 0.25) is 5.91 Å². The molecule has 8 nitrogen and oxygen atoms in total. The third-order valence-electron chi connectivity index (χ3n) is 6.87. The minimum Gasteiger partial charge on any atom is -0.369 e. The molecule has 35 heavy (non-hydrogen) atoms. The van der Waals surface area contributed by atoms with E-state index < -0.39 is 0 Å². The normalized spacial score (nSPS) is 14.6. The van der Waals surface area contributed by atoms with Gasteiger partial charge >= 0.3 is 0 Å². The van der Waals surface area contributed by atoms with Crippen LogP contribution in [-0.4, -0.2) is 64.8 Å². The summed E-state index contributed by atoms with van der Waals surface area (Å²) in [6.07, 6.45) is 2.53. The quantitative estimate of drug-likeness (QED) is 0.404. The van der Waals surface area contributed by atoms with Crippen LogP contribution in [-0.2, 0) is 11.3 Å². The fourth-order valence-corrected chi connectivity index (χ4v) is 4.88. The van der Waals surface area contributed by atoms with Crippen LogP contribution in [0.4, 0.5) is 5.69 Å². The first kappa shape index (κ1) is 23.1. The predicted octanol–water partition coefficient (Wildman–Crippen LogP) is 2.82. The molecule has 0 aliphatic carbocycles. The lowest BCUT2D eigenvalue weighted by atomic mass is 10.1. The van der Waals surface area contributed by atoms with E-state index in [1.54, 1.807) is 6.20 Å². The van der Waals surface area contributed by atoms with Crippen LogP contribution in [0.3, 0.4) is 0 Å². The van der Waals surface area contributed by atoms with Gasteiger partial charge in [0.25, 0.3) is 5.56 Å². The van der Waals surface area contributed by atoms with Crippen LogP contribution in [0.2, 0.25) is 0 Å². The van der Waals surface area contributed by atoms with E-state index in [0.717, 1.165) is 55.4 Å². The Morgan fingerprint density at radius 3 is 2.69 bits per heavy atom. The van der Waals surface area contributed by atoms with E-state index >= 15 is 0 Å². The summed E-state index contributed by atoms with van der Waals surface area (Å²) in [5.74, 6) is -0.199. The number of nitrogens with one attached hydrogen (secondary N) is 2. The summed E-state index contributed by atoms with van der Waals surface area (Å²) in [5.41, 5.74) is 5.04. The Hall–Kier alpha value is -3.65. The van der Waals surface area contributed by atoms with E-state index in [0.29, 0.717) is 12.1 Å². The summed E-state index contributed by atoms with van der Waals surface area (Å²) in [4.78, 5) is 33.3. The number of aryl methyl sites for hydroxylation is 2. The number of carbonyl (C=O) groups is 1. The molecule has 1 aliphatic rings. The molecule has 1 fully saturated rings. The molecule has 2 aromatic heterocycles. The molecule has 4 aromatic rings.